The van der Waals surface area contributed by atoms with Gasteiger partial charge in [0.2, 0.25) is 5.91 Å². The second-order valence-corrected chi connectivity index (χ2v) is 6.48. The van der Waals surface area contributed by atoms with Gasteiger partial charge in [0.1, 0.15) is 0 Å². The molecule has 0 aromatic rings. The van der Waals surface area contributed by atoms with Crippen LogP contribution in [0.3, 0.4) is 0 Å². The number of hydrogen-bond donors (Lipinski definition) is 2. The number of methoxy groups -OCH3 is 1. The van der Waals surface area contributed by atoms with Crippen LogP contribution in [0.1, 0.15) is 57.8 Å². The number of hydrogen-bond acceptors (Lipinski definition) is 3. The highest BCUT2D eigenvalue weighted by Crippen LogP contribution is 2.48. The first-order valence-corrected chi connectivity index (χ1v) is 7.56. The molecule has 2 N–H and O–H groups in total. The molecule has 2 aliphatic rings. The average molecular weight is 269 g/mol. The van der Waals surface area contributed by atoms with Crippen LogP contribution in [0, 0.1) is 5.41 Å². The summed E-state index contributed by atoms with van der Waals surface area (Å²) >= 11 is 0. The number of carbonyl (C=O) groups excluding carboxylic acids is 1. The van der Waals surface area contributed by atoms with Gasteiger partial charge in [-0.05, 0) is 37.5 Å². The van der Waals surface area contributed by atoms with Gasteiger partial charge in [0, 0.05) is 20.3 Å². The van der Waals surface area contributed by atoms with Gasteiger partial charge in [0.15, 0.2) is 0 Å². The van der Waals surface area contributed by atoms with E-state index in [1.54, 1.807) is 7.11 Å². The summed E-state index contributed by atoms with van der Waals surface area (Å²) < 4.78 is 5.11. The fourth-order valence-corrected chi connectivity index (χ4v) is 3.04. The normalized spacial score (nSPS) is 23.9. The van der Waals surface area contributed by atoms with Gasteiger partial charge in [-0.2, -0.15) is 0 Å². The molecule has 0 saturated heterocycles. The van der Waals surface area contributed by atoms with Gasteiger partial charge in [-0.15, -0.1) is 0 Å². The number of ether oxygens (including phenoxy) is 1. The molecule has 2 rings (SSSR count). The van der Waals surface area contributed by atoms with E-state index < -0.39 is 5.60 Å². The number of amides is 1. The molecule has 2 saturated carbocycles. The summed E-state index contributed by atoms with van der Waals surface area (Å²) in [6.07, 6.45) is 8.47. The lowest BCUT2D eigenvalue weighted by molar-refractivity contribution is -0.127. The second-order valence-electron chi connectivity index (χ2n) is 6.48. The predicted molar refractivity (Wildman–Crippen MR) is 73.8 cm³/mol. The molecule has 4 heteroatoms. The molecule has 4 nitrogen and oxygen atoms in total. The highest BCUT2D eigenvalue weighted by molar-refractivity contribution is 5.77. The summed E-state index contributed by atoms with van der Waals surface area (Å²) in [5.74, 6) is 0.00749. The average Bonchev–Trinajstić information content (AvgIpc) is 3.15. The maximum Gasteiger partial charge on any atom is 0.222 e. The van der Waals surface area contributed by atoms with Gasteiger partial charge < -0.3 is 15.2 Å². The van der Waals surface area contributed by atoms with Crippen molar-refractivity contribution in [3.05, 3.63) is 0 Å². The van der Waals surface area contributed by atoms with Crippen molar-refractivity contribution >= 4 is 5.91 Å². The van der Waals surface area contributed by atoms with Gasteiger partial charge >= 0.3 is 0 Å². The first kappa shape index (κ1) is 14.8. The lowest BCUT2D eigenvalue weighted by atomic mass is 9.82. The zero-order valence-corrected chi connectivity index (χ0v) is 12.0. The Morgan fingerprint density at radius 2 is 1.89 bits per heavy atom. The Kier molecular flexibility index (Phi) is 4.85. The van der Waals surface area contributed by atoms with Crippen molar-refractivity contribution in [1.82, 2.24) is 5.32 Å². The van der Waals surface area contributed by atoms with Gasteiger partial charge in [0.05, 0.1) is 12.0 Å². The molecule has 0 unspecified atom stereocenters. The molecule has 0 radical (unpaired) electrons. The minimum Gasteiger partial charge on any atom is -0.389 e. The molecule has 0 aromatic carbocycles. The van der Waals surface area contributed by atoms with Gasteiger partial charge in [-0.1, -0.05) is 19.3 Å². The van der Waals surface area contributed by atoms with Gasteiger partial charge in [-0.25, -0.2) is 0 Å². The minimum atomic E-state index is -0.744. The Balaban J connectivity index is 1.69. The molecule has 0 atom stereocenters. The molecule has 110 valence electrons. The Morgan fingerprint density at radius 3 is 2.47 bits per heavy atom. The Morgan fingerprint density at radius 1 is 1.21 bits per heavy atom. The van der Waals surface area contributed by atoms with Gasteiger partial charge in [-0.3, -0.25) is 4.79 Å². The third-order valence-corrected chi connectivity index (χ3v) is 4.73. The summed E-state index contributed by atoms with van der Waals surface area (Å²) in [6, 6.07) is 0. The van der Waals surface area contributed by atoms with Crippen LogP contribution < -0.4 is 5.32 Å². The summed E-state index contributed by atoms with van der Waals surface area (Å²) in [6.45, 7) is 1.51. The zero-order valence-electron chi connectivity index (χ0n) is 12.0. The van der Waals surface area contributed by atoms with Crippen molar-refractivity contribution in [2.24, 2.45) is 5.41 Å². The van der Waals surface area contributed by atoms with E-state index in [1.165, 1.54) is 19.3 Å². The van der Waals surface area contributed by atoms with E-state index >= 15 is 0 Å². The molecule has 2 aliphatic carbocycles. The number of carbonyl (C=O) groups is 1. The molecule has 0 aliphatic heterocycles. The molecular weight excluding hydrogens is 242 g/mol. The summed E-state index contributed by atoms with van der Waals surface area (Å²) in [4.78, 5) is 12.0. The zero-order chi connectivity index (χ0) is 13.8. The number of nitrogens with one attached hydrogen (secondary N) is 1. The molecule has 0 bridgehead atoms. The standard InChI is InChI=1S/C15H27NO3/c1-19-10-9-14(7-8-14)12-16-13(17)11-15(18)5-3-2-4-6-15/h18H,2-12H2,1H3,(H,16,17). The van der Waals surface area contributed by atoms with E-state index in [0.717, 1.165) is 45.3 Å². The van der Waals surface area contributed by atoms with Crippen LogP contribution in [-0.2, 0) is 9.53 Å². The fraction of sp³-hybridized carbons (Fsp3) is 0.933. The van der Waals surface area contributed by atoms with Crippen molar-refractivity contribution < 1.29 is 14.6 Å². The highest BCUT2D eigenvalue weighted by Gasteiger charge is 2.42. The third kappa shape index (κ3) is 4.46. The quantitative estimate of drug-likeness (QED) is 0.743. The first-order valence-electron chi connectivity index (χ1n) is 7.56. The van der Waals surface area contributed by atoms with E-state index in [9.17, 15) is 9.90 Å². The molecule has 0 heterocycles. The third-order valence-electron chi connectivity index (χ3n) is 4.73. The van der Waals surface area contributed by atoms with Crippen molar-refractivity contribution in [3.63, 3.8) is 0 Å². The lowest BCUT2D eigenvalue weighted by Crippen LogP contribution is -2.40. The van der Waals surface area contributed by atoms with Crippen molar-refractivity contribution in [1.29, 1.82) is 0 Å². The van der Waals surface area contributed by atoms with E-state index in [-0.39, 0.29) is 17.7 Å². The van der Waals surface area contributed by atoms with Crippen LogP contribution in [0.25, 0.3) is 0 Å². The van der Waals surface area contributed by atoms with Crippen LogP contribution in [0.2, 0.25) is 0 Å². The van der Waals surface area contributed by atoms with E-state index in [4.69, 9.17) is 4.74 Å². The molecule has 1 amide bonds. The summed E-state index contributed by atoms with van der Waals surface area (Å²) in [5, 5.41) is 13.4. The van der Waals surface area contributed by atoms with E-state index in [1.807, 2.05) is 0 Å². The Hall–Kier alpha value is -0.610. The largest absolute Gasteiger partial charge is 0.389 e. The van der Waals surface area contributed by atoms with Crippen LogP contribution in [0.15, 0.2) is 0 Å². The van der Waals surface area contributed by atoms with Crippen molar-refractivity contribution in [3.8, 4) is 0 Å². The highest BCUT2D eigenvalue weighted by atomic mass is 16.5. The second kappa shape index (κ2) is 6.23. The SMILES string of the molecule is COCCC1(CNC(=O)CC2(O)CCCCC2)CC1. The smallest absolute Gasteiger partial charge is 0.222 e. The van der Waals surface area contributed by atoms with Gasteiger partial charge in [0.25, 0.3) is 0 Å². The van der Waals surface area contributed by atoms with Crippen molar-refractivity contribution in [2.75, 3.05) is 20.3 Å². The maximum absolute atomic E-state index is 12.0. The number of rotatable bonds is 7. The topological polar surface area (TPSA) is 58.6 Å². The molecule has 0 aromatic heterocycles. The van der Waals surface area contributed by atoms with Crippen LogP contribution >= 0.6 is 0 Å². The minimum absolute atomic E-state index is 0.00749. The molecule has 19 heavy (non-hydrogen) atoms. The van der Waals surface area contributed by atoms with Crippen LogP contribution in [-0.4, -0.2) is 36.9 Å². The maximum atomic E-state index is 12.0. The monoisotopic (exact) mass is 269 g/mol. The van der Waals surface area contributed by atoms with Crippen molar-refractivity contribution in [2.45, 2.75) is 63.4 Å². The molecule has 0 spiro atoms. The summed E-state index contributed by atoms with van der Waals surface area (Å²) in [7, 11) is 1.72. The fourth-order valence-electron chi connectivity index (χ4n) is 3.04. The Bertz CT molecular complexity index is 307. The van der Waals surface area contributed by atoms with E-state index in [2.05, 4.69) is 5.32 Å². The summed E-state index contributed by atoms with van der Waals surface area (Å²) in [5.41, 5.74) is -0.466. The lowest BCUT2D eigenvalue weighted by Gasteiger charge is -2.31. The molecule has 2 fully saturated rings. The predicted octanol–water partition coefficient (Wildman–Crippen LogP) is 2.00. The van der Waals surface area contributed by atoms with E-state index in [0.29, 0.717) is 0 Å². The first-order chi connectivity index (χ1) is 9.08. The van der Waals surface area contributed by atoms with Crippen LogP contribution in [0.5, 0.6) is 0 Å². The molecular formula is C15H27NO3. The van der Waals surface area contributed by atoms with Crippen LogP contribution in [0.4, 0.5) is 0 Å². The number of aliphatic hydroxyl groups is 1. The Labute approximate surface area is 115 Å².